The number of hydrogen-bond acceptors (Lipinski definition) is 4. The molecule has 0 amide bonds. The number of aryl methyl sites for hydroxylation is 1. The van der Waals surface area contributed by atoms with Gasteiger partial charge in [0, 0.05) is 17.6 Å². The van der Waals surface area contributed by atoms with Crippen molar-refractivity contribution in [2.45, 2.75) is 51.5 Å². The number of ether oxygens (including phenoxy) is 1. The van der Waals surface area contributed by atoms with E-state index in [1.807, 2.05) is 6.07 Å². The van der Waals surface area contributed by atoms with E-state index >= 15 is 0 Å². The third kappa shape index (κ3) is 2.29. The highest BCUT2D eigenvalue weighted by atomic mass is 16.5. The molecule has 2 unspecified atom stereocenters. The monoisotopic (exact) mass is 377 g/mol. The molecule has 2 aliphatic rings. The maximum Gasteiger partial charge on any atom is 0.125 e. The van der Waals surface area contributed by atoms with E-state index in [9.17, 15) is 10.2 Å². The normalized spacial score (nSPS) is 24.5. The number of rotatable bonds is 2. The quantitative estimate of drug-likeness (QED) is 0.657. The molecular formula is C24H27NO3. The van der Waals surface area contributed by atoms with E-state index in [2.05, 4.69) is 43.0 Å². The Hall–Kier alpha value is -2.14. The predicted molar refractivity (Wildman–Crippen MR) is 112 cm³/mol. The molecule has 4 heteroatoms. The average molecular weight is 377 g/mol. The number of hydrogen-bond donors (Lipinski definition) is 2. The van der Waals surface area contributed by atoms with Crippen LogP contribution < -0.4 is 4.74 Å². The van der Waals surface area contributed by atoms with Crippen LogP contribution in [0.1, 0.15) is 48.1 Å². The van der Waals surface area contributed by atoms with Gasteiger partial charge in [0.15, 0.2) is 0 Å². The SMILES string of the molecule is COc1cc2c3c(c4ccc(C)cc4c2cc1CO)C(O)C1(C)CCCN1C3. The summed E-state index contributed by atoms with van der Waals surface area (Å²) in [6.07, 6.45) is 1.62. The van der Waals surface area contributed by atoms with E-state index in [1.165, 1.54) is 11.1 Å². The summed E-state index contributed by atoms with van der Waals surface area (Å²) in [6.45, 7) is 6.10. The van der Waals surface area contributed by atoms with Gasteiger partial charge in [-0.2, -0.15) is 0 Å². The number of aliphatic hydroxyl groups is 2. The van der Waals surface area contributed by atoms with Crippen LogP contribution in [0.4, 0.5) is 0 Å². The van der Waals surface area contributed by atoms with Gasteiger partial charge in [-0.3, -0.25) is 4.90 Å². The highest BCUT2D eigenvalue weighted by molar-refractivity contribution is 6.12. The van der Waals surface area contributed by atoms with Crippen molar-refractivity contribution in [3.8, 4) is 5.75 Å². The molecule has 28 heavy (non-hydrogen) atoms. The van der Waals surface area contributed by atoms with Gasteiger partial charge in [-0.15, -0.1) is 0 Å². The van der Waals surface area contributed by atoms with Crippen molar-refractivity contribution in [2.75, 3.05) is 13.7 Å². The highest BCUT2D eigenvalue weighted by Gasteiger charge is 2.48. The van der Waals surface area contributed by atoms with Gasteiger partial charge >= 0.3 is 0 Å². The van der Waals surface area contributed by atoms with E-state index < -0.39 is 6.10 Å². The Kier molecular flexibility index (Phi) is 3.96. The molecule has 2 atom stereocenters. The standard InChI is InChI=1S/C24H27NO3/c1-14-5-6-16-17(9-14)18-10-15(13-26)21(28-3)11-19(18)20-12-25-8-4-7-24(25,2)23(27)22(16)20/h5-6,9-11,23,26-27H,4,7-8,12-13H2,1-3H3. The Morgan fingerprint density at radius 1 is 1.14 bits per heavy atom. The van der Waals surface area contributed by atoms with Crippen LogP contribution in [0.2, 0.25) is 0 Å². The van der Waals surface area contributed by atoms with Gasteiger partial charge in [-0.1, -0.05) is 23.8 Å². The number of aliphatic hydroxyl groups excluding tert-OH is 2. The number of nitrogens with zero attached hydrogens (tertiary/aromatic N) is 1. The lowest BCUT2D eigenvalue weighted by Gasteiger charge is -2.45. The zero-order chi connectivity index (χ0) is 19.6. The third-order valence-corrected chi connectivity index (χ3v) is 7.04. The molecule has 0 spiro atoms. The predicted octanol–water partition coefficient (Wildman–Crippen LogP) is 4.20. The van der Waals surface area contributed by atoms with Gasteiger partial charge in [0.2, 0.25) is 0 Å². The first-order chi connectivity index (χ1) is 13.5. The summed E-state index contributed by atoms with van der Waals surface area (Å²) in [5.41, 5.74) is 4.05. The minimum atomic E-state index is -0.517. The summed E-state index contributed by atoms with van der Waals surface area (Å²) in [5.74, 6) is 0.702. The Morgan fingerprint density at radius 2 is 1.93 bits per heavy atom. The summed E-state index contributed by atoms with van der Waals surface area (Å²) in [7, 11) is 1.64. The molecule has 0 saturated carbocycles. The summed E-state index contributed by atoms with van der Waals surface area (Å²) in [4.78, 5) is 2.44. The Morgan fingerprint density at radius 3 is 2.68 bits per heavy atom. The zero-order valence-electron chi connectivity index (χ0n) is 16.7. The second-order valence-corrected chi connectivity index (χ2v) is 8.59. The first-order valence-corrected chi connectivity index (χ1v) is 10.1. The molecular weight excluding hydrogens is 350 g/mol. The molecule has 1 saturated heterocycles. The molecule has 2 heterocycles. The number of benzene rings is 3. The zero-order valence-corrected chi connectivity index (χ0v) is 16.7. The molecule has 3 aromatic rings. The van der Waals surface area contributed by atoms with Gasteiger partial charge in [0.25, 0.3) is 0 Å². The lowest BCUT2D eigenvalue weighted by atomic mass is 9.77. The molecule has 0 aliphatic carbocycles. The summed E-state index contributed by atoms with van der Waals surface area (Å²) < 4.78 is 5.57. The molecule has 0 bridgehead atoms. The second kappa shape index (κ2) is 6.18. The van der Waals surface area contributed by atoms with Crippen LogP contribution in [0.3, 0.4) is 0 Å². The van der Waals surface area contributed by atoms with Gasteiger partial charge in [0.05, 0.1) is 19.8 Å². The van der Waals surface area contributed by atoms with Gasteiger partial charge in [-0.05, 0) is 78.0 Å². The molecule has 146 valence electrons. The van der Waals surface area contributed by atoms with E-state index in [-0.39, 0.29) is 12.1 Å². The smallest absolute Gasteiger partial charge is 0.125 e. The minimum absolute atomic E-state index is 0.0592. The first kappa shape index (κ1) is 17.9. The molecule has 5 rings (SSSR count). The number of fused-ring (bicyclic) bond motifs is 7. The fourth-order valence-electron chi connectivity index (χ4n) is 5.43. The molecule has 2 N–H and O–H groups in total. The van der Waals surface area contributed by atoms with Crippen LogP contribution >= 0.6 is 0 Å². The first-order valence-electron chi connectivity index (χ1n) is 10.1. The molecule has 3 aromatic carbocycles. The second-order valence-electron chi connectivity index (χ2n) is 8.59. The topological polar surface area (TPSA) is 52.9 Å². The van der Waals surface area contributed by atoms with Crippen LogP contribution in [0, 0.1) is 6.92 Å². The van der Waals surface area contributed by atoms with Gasteiger partial charge < -0.3 is 14.9 Å². The largest absolute Gasteiger partial charge is 0.496 e. The number of methoxy groups -OCH3 is 1. The van der Waals surface area contributed by atoms with E-state index in [1.54, 1.807) is 7.11 Å². The van der Waals surface area contributed by atoms with Crippen LogP contribution in [0.15, 0.2) is 30.3 Å². The molecule has 2 aliphatic heterocycles. The highest BCUT2D eigenvalue weighted by Crippen LogP contribution is 2.50. The lowest BCUT2D eigenvalue weighted by molar-refractivity contribution is -0.0142. The van der Waals surface area contributed by atoms with Crippen molar-refractivity contribution in [1.82, 2.24) is 4.90 Å². The van der Waals surface area contributed by atoms with Gasteiger partial charge in [0.1, 0.15) is 5.75 Å². The maximum absolute atomic E-state index is 11.5. The van der Waals surface area contributed by atoms with Crippen LogP contribution in [0.5, 0.6) is 5.75 Å². The maximum atomic E-state index is 11.5. The van der Waals surface area contributed by atoms with Crippen molar-refractivity contribution in [3.63, 3.8) is 0 Å². The fourth-order valence-corrected chi connectivity index (χ4v) is 5.43. The van der Waals surface area contributed by atoms with Crippen molar-refractivity contribution < 1.29 is 14.9 Å². The Labute approximate surface area is 165 Å². The van der Waals surface area contributed by atoms with E-state index in [4.69, 9.17) is 4.74 Å². The Balaban J connectivity index is 1.94. The van der Waals surface area contributed by atoms with Gasteiger partial charge in [-0.25, -0.2) is 0 Å². The average Bonchev–Trinajstić information content (AvgIpc) is 3.09. The molecule has 4 nitrogen and oxygen atoms in total. The van der Waals surface area contributed by atoms with Crippen molar-refractivity contribution in [2.24, 2.45) is 0 Å². The van der Waals surface area contributed by atoms with Crippen LogP contribution in [-0.2, 0) is 13.2 Å². The Bertz CT molecular complexity index is 1110. The third-order valence-electron chi connectivity index (χ3n) is 7.04. The summed E-state index contributed by atoms with van der Waals surface area (Å²) >= 11 is 0. The summed E-state index contributed by atoms with van der Waals surface area (Å²) in [5, 5.41) is 25.9. The summed E-state index contributed by atoms with van der Waals surface area (Å²) in [6, 6.07) is 10.6. The molecule has 0 aromatic heterocycles. The van der Waals surface area contributed by atoms with Crippen LogP contribution in [0.25, 0.3) is 21.5 Å². The van der Waals surface area contributed by atoms with Crippen molar-refractivity contribution in [3.05, 3.63) is 52.6 Å². The van der Waals surface area contributed by atoms with Crippen LogP contribution in [-0.4, -0.2) is 34.3 Å². The van der Waals surface area contributed by atoms with E-state index in [0.717, 1.165) is 58.6 Å². The fraction of sp³-hybridized carbons (Fsp3) is 0.417. The van der Waals surface area contributed by atoms with Crippen molar-refractivity contribution in [1.29, 1.82) is 0 Å². The lowest BCUT2D eigenvalue weighted by Crippen LogP contribution is -2.49. The van der Waals surface area contributed by atoms with Crippen molar-refractivity contribution >= 4 is 21.5 Å². The molecule has 0 radical (unpaired) electrons. The van der Waals surface area contributed by atoms with E-state index in [0.29, 0.717) is 5.75 Å². The minimum Gasteiger partial charge on any atom is -0.496 e. The molecule has 1 fully saturated rings.